The minimum atomic E-state index is 0.241. The van der Waals surface area contributed by atoms with Gasteiger partial charge in [-0.1, -0.05) is 6.07 Å². The van der Waals surface area contributed by atoms with Gasteiger partial charge in [0.15, 0.2) is 0 Å². The number of pyridine rings is 1. The normalized spacial score (nSPS) is 45.7. The topological polar surface area (TPSA) is 38.0 Å². The first-order valence-corrected chi connectivity index (χ1v) is 4.21. The Kier molecular flexibility index (Phi) is 0.736. The van der Waals surface area contributed by atoms with Crippen LogP contribution in [0.4, 0.5) is 0 Å². The van der Waals surface area contributed by atoms with Crippen molar-refractivity contribution in [2.24, 2.45) is 0 Å². The van der Waals surface area contributed by atoms with E-state index in [9.17, 15) is 0 Å². The maximum absolute atomic E-state index is 5.49. The van der Waals surface area contributed by atoms with Gasteiger partial charge in [-0.2, -0.15) is 0 Å². The van der Waals surface area contributed by atoms with Crippen LogP contribution in [0.3, 0.4) is 0 Å². The van der Waals surface area contributed by atoms with Crippen molar-refractivity contribution in [2.45, 2.75) is 24.4 Å². The Hall–Kier alpha value is -0.930. The van der Waals surface area contributed by atoms with Crippen LogP contribution in [0.5, 0.6) is 0 Å². The number of hydrogen-bond acceptors (Lipinski definition) is 3. The SMILES string of the molecule is c1cnc2c(c1)C1OC1C1OC21. The highest BCUT2D eigenvalue weighted by Gasteiger charge is 2.64. The van der Waals surface area contributed by atoms with Crippen molar-refractivity contribution < 1.29 is 9.47 Å². The molecule has 0 aromatic carbocycles. The number of aromatic nitrogens is 1. The number of hydrogen-bond donors (Lipinski definition) is 0. The fraction of sp³-hybridized carbons (Fsp3) is 0.444. The van der Waals surface area contributed by atoms with Gasteiger partial charge in [0.25, 0.3) is 0 Å². The smallest absolute Gasteiger partial charge is 0.129 e. The maximum Gasteiger partial charge on any atom is 0.129 e. The van der Waals surface area contributed by atoms with Gasteiger partial charge in [0.2, 0.25) is 0 Å². The van der Waals surface area contributed by atoms with Crippen molar-refractivity contribution in [1.29, 1.82) is 0 Å². The second kappa shape index (κ2) is 1.56. The summed E-state index contributed by atoms with van der Waals surface area (Å²) in [6.45, 7) is 0. The summed E-state index contributed by atoms with van der Waals surface area (Å²) in [6, 6.07) is 4.05. The predicted molar refractivity (Wildman–Crippen MR) is 39.5 cm³/mol. The Bertz CT molecular complexity index is 330. The van der Waals surface area contributed by atoms with Crippen molar-refractivity contribution in [1.82, 2.24) is 4.98 Å². The Labute approximate surface area is 69.3 Å². The zero-order valence-electron chi connectivity index (χ0n) is 6.31. The fourth-order valence-electron chi connectivity index (χ4n) is 2.13. The van der Waals surface area contributed by atoms with E-state index in [-0.39, 0.29) is 12.2 Å². The molecule has 4 atom stereocenters. The monoisotopic (exact) mass is 161 g/mol. The molecule has 0 radical (unpaired) electrons. The lowest BCUT2D eigenvalue weighted by molar-refractivity contribution is 0.303. The highest BCUT2D eigenvalue weighted by atomic mass is 16.7. The minimum absolute atomic E-state index is 0.241. The third kappa shape index (κ3) is 0.509. The molecule has 2 saturated heterocycles. The Morgan fingerprint density at radius 1 is 1.17 bits per heavy atom. The van der Waals surface area contributed by atoms with Crippen LogP contribution in [-0.2, 0) is 9.47 Å². The van der Waals surface area contributed by atoms with Crippen LogP contribution in [-0.4, -0.2) is 17.2 Å². The average molecular weight is 161 g/mol. The van der Waals surface area contributed by atoms with Gasteiger partial charge >= 0.3 is 0 Å². The summed E-state index contributed by atoms with van der Waals surface area (Å²) in [5.41, 5.74) is 2.34. The summed E-state index contributed by atoms with van der Waals surface area (Å²) in [5, 5.41) is 0. The maximum atomic E-state index is 5.49. The molecule has 0 spiro atoms. The van der Waals surface area contributed by atoms with Crippen LogP contribution in [0.1, 0.15) is 23.5 Å². The molecule has 3 nitrogen and oxygen atoms in total. The zero-order valence-corrected chi connectivity index (χ0v) is 6.31. The molecule has 1 aromatic rings. The molecule has 0 amide bonds. The summed E-state index contributed by atoms with van der Waals surface area (Å²) >= 11 is 0. The van der Waals surface area contributed by atoms with Gasteiger partial charge in [-0.05, 0) is 6.07 Å². The number of epoxide rings is 2. The molecule has 3 aliphatic rings. The van der Waals surface area contributed by atoms with Crippen LogP contribution in [0.2, 0.25) is 0 Å². The second-order valence-corrected chi connectivity index (χ2v) is 3.52. The van der Waals surface area contributed by atoms with Crippen molar-refractivity contribution in [2.75, 3.05) is 0 Å². The molecule has 2 aliphatic heterocycles. The molecule has 0 bridgehead atoms. The number of ether oxygens (including phenoxy) is 2. The first kappa shape index (κ1) is 5.67. The van der Waals surface area contributed by atoms with Crippen molar-refractivity contribution in [3.05, 3.63) is 29.6 Å². The second-order valence-electron chi connectivity index (χ2n) is 3.52. The summed E-state index contributed by atoms with van der Waals surface area (Å²) in [4.78, 5) is 4.31. The molecule has 4 unspecified atom stereocenters. The zero-order chi connectivity index (χ0) is 7.71. The van der Waals surface area contributed by atoms with Crippen LogP contribution in [0.15, 0.2) is 18.3 Å². The highest BCUT2D eigenvalue weighted by Crippen LogP contribution is 2.59. The highest BCUT2D eigenvalue weighted by molar-refractivity contribution is 5.37. The third-order valence-electron chi connectivity index (χ3n) is 2.82. The number of nitrogens with zero attached hydrogens (tertiary/aromatic N) is 1. The van der Waals surface area contributed by atoms with Gasteiger partial charge < -0.3 is 9.47 Å². The lowest BCUT2D eigenvalue weighted by Gasteiger charge is -2.05. The fourth-order valence-corrected chi connectivity index (χ4v) is 2.13. The molecule has 60 valence electrons. The lowest BCUT2D eigenvalue weighted by Crippen LogP contribution is -2.08. The van der Waals surface area contributed by atoms with Crippen molar-refractivity contribution >= 4 is 0 Å². The summed E-state index contributed by atoms with van der Waals surface area (Å²) in [5.74, 6) is 0. The van der Waals surface area contributed by atoms with E-state index in [4.69, 9.17) is 9.47 Å². The van der Waals surface area contributed by atoms with Crippen molar-refractivity contribution in [3.63, 3.8) is 0 Å². The van der Waals surface area contributed by atoms with Crippen molar-refractivity contribution in [3.8, 4) is 0 Å². The van der Waals surface area contributed by atoms with E-state index < -0.39 is 0 Å². The van der Waals surface area contributed by atoms with E-state index in [0.29, 0.717) is 12.2 Å². The van der Waals surface area contributed by atoms with E-state index in [1.165, 1.54) is 5.56 Å². The van der Waals surface area contributed by atoms with Gasteiger partial charge in [-0.25, -0.2) is 0 Å². The van der Waals surface area contributed by atoms with Gasteiger partial charge in [-0.15, -0.1) is 0 Å². The van der Waals surface area contributed by atoms with Crippen LogP contribution in [0, 0.1) is 0 Å². The van der Waals surface area contributed by atoms with E-state index in [2.05, 4.69) is 11.1 Å². The molecule has 1 aromatic heterocycles. The molecular weight excluding hydrogens is 154 g/mol. The van der Waals surface area contributed by atoms with E-state index >= 15 is 0 Å². The lowest BCUT2D eigenvalue weighted by atomic mass is 9.96. The standard InChI is InChI=1S/C9H7NO2/c1-2-4-5(10-3-1)7-9(12-7)8-6(4)11-8/h1-3,6-9H. The Balaban J connectivity index is 1.99. The molecule has 2 fully saturated rings. The molecule has 3 heteroatoms. The minimum Gasteiger partial charge on any atom is -0.361 e. The first-order valence-electron chi connectivity index (χ1n) is 4.21. The molecule has 12 heavy (non-hydrogen) atoms. The third-order valence-corrected chi connectivity index (χ3v) is 2.82. The van der Waals surface area contributed by atoms with E-state index in [1.807, 2.05) is 12.3 Å². The predicted octanol–water partition coefficient (Wildman–Crippen LogP) is 0.975. The van der Waals surface area contributed by atoms with Crippen LogP contribution in [0.25, 0.3) is 0 Å². The largest absolute Gasteiger partial charge is 0.361 e. The first-order chi connectivity index (χ1) is 5.95. The molecule has 1 aliphatic carbocycles. The number of fused-ring (bicyclic) bond motifs is 6. The summed E-state index contributed by atoms with van der Waals surface area (Å²) < 4.78 is 11.0. The quantitative estimate of drug-likeness (QED) is 0.532. The number of rotatable bonds is 0. The van der Waals surface area contributed by atoms with E-state index in [0.717, 1.165) is 5.69 Å². The van der Waals surface area contributed by atoms with Gasteiger partial charge in [0.1, 0.15) is 24.4 Å². The molecule has 0 N–H and O–H groups in total. The molecule has 4 rings (SSSR count). The van der Waals surface area contributed by atoms with E-state index in [1.54, 1.807) is 0 Å². The molecule has 0 saturated carbocycles. The summed E-state index contributed by atoms with van der Waals surface area (Å²) in [6.07, 6.45) is 3.01. The van der Waals surface area contributed by atoms with Gasteiger partial charge in [0.05, 0.1) is 5.69 Å². The van der Waals surface area contributed by atoms with Gasteiger partial charge in [0, 0.05) is 11.8 Å². The van der Waals surface area contributed by atoms with Crippen LogP contribution < -0.4 is 0 Å². The average Bonchev–Trinajstić information content (AvgIpc) is 2.98. The van der Waals surface area contributed by atoms with Gasteiger partial charge in [-0.3, -0.25) is 4.98 Å². The molecular formula is C9H7NO2. The Morgan fingerprint density at radius 2 is 2.00 bits per heavy atom. The Morgan fingerprint density at radius 3 is 3.00 bits per heavy atom. The van der Waals surface area contributed by atoms with Crippen LogP contribution >= 0.6 is 0 Å². The molecule has 3 heterocycles. The summed E-state index contributed by atoms with van der Waals surface area (Å²) in [7, 11) is 0.